The summed E-state index contributed by atoms with van der Waals surface area (Å²) < 4.78 is 2.12. The molecule has 6 heteroatoms. The fourth-order valence-electron chi connectivity index (χ4n) is 2.64. The molecule has 0 radical (unpaired) electrons. The van der Waals surface area contributed by atoms with Gasteiger partial charge in [0.15, 0.2) is 5.78 Å². The quantitative estimate of drug-likeness (QED) is 0.885. The molecule has 0 aliphatic carbocycles. The maximum absolute atomic E-state index is 11.5. The van der Waals surface area contributed by atoms with Gasteiger partial charge in [-0.15, -0.1) is 0 Å². The van der Waals surface area contributed by atoms with E-state index in [2.05, 4.69) is 14.5 Å². The van der Waals surface area contributed by atoms with E-state index in [0.717, 1.165) is 18.9 Å². The molecule has 1 aliphatic rings. The van der Waals surface area contributed by atoms with E-state index in [1.165, 1.54) is 13.0 Å². The number of hydrogen-bond acceptors (Lipinski definition) is 4. The van der Waals surface area contributed by atoms with Gasteiger partial charge in [-0.25, -0.2) is 4.98 Å². The molecule has 0 unspecified atom stereocenters. The molecule has 3 rings (SSSR count). The van der Waals surface area contributed by atoms with Crippen LogP contribution in [-0.4, -0.2) is 31.9 Å². The minimum Gasteiger partial charge on any atom is -0.507 e. The highest BCUT2D eigenvalue weighted by Crippen LogP contribution is 2.29. The van der Waals surface area contributed by atoms with Crippen LogP contribution < -0.4 is 0 Å². The van der Waals surface area contributed by atoms with Crippen LogP contribution in [0.2, 0.25) is 5.02 Å². The summed E-state index contributed by atoms with van der Waals surface area (Å²) in [6.07, 6.45) is 3.76. The Bertz CT molecular complexity index is 696. The summed E-state index contributed by atoms with van der Waals surface area (Å²) >= 11 is 6.05. The fourth-order valence-corrected chi connectivity index (χ4v) is 2.88. The van der Waals surface area contributed by atoms with Crippen LogP contribution in [0.5, 0.6) is 5.75 Å². The molecular formula is C15H16ClN3O2. The first-order valence-corrected chi connectivity index (χ1v) is 7.17. The number of rotatable bonds is 3. The number of phenols is 1. The van der Waals surface area contributed by atoms with Crippen molar-refractivity contribution in [1.82, 2.24) is 14.5 Å². The third kappa shape index (κ3) is 2.80. The molecule has 0 amide bonds. The van der Waals surface area contributed by atoms with Gasteiger partial charge in [0.25, 0.3) is 0 Å². The highest BCUT2D eigenvalue weighted by Gasteiger charge is 2.20. The van der Waals surface area contributed by atoms with Crippen molar-refractivity contribution < 1.29 is 9.90 Å². The number of halogens is 1. The number of benzene rings is 1. The Hall–Kier alpha value is -1.85. The number of Topliss-reactive ketones (excluding diaryl/α,β-unsaturated/α-hetero) is 1. The Labute approximate surface area is 127 Å². The van der Waals surface area contributed by atoms with Crippen molar-refractivity contribution in [1.29, 1.82) is 0 Å². The van der Waals surface area contributed by atoms with E-state index >= 15 is 0 Å². The molecule has 5 nitrogen and oxygen atoms in total. The molecule has 0 fully saturated rings. The molecular weight excluding hydrogens is 290 g/mol. The van der Waals surface area contributed by atoms with E-state index in [9.17, 15) is 9.90 Å². The van der Waals surface area contributed by atoms with Crippen LogP contribution in [0.25, 0.3) is 0 Å². The number of aromatic nitrogens is 2. The van der Waals surface area contributed by atoms with Crippen LogP contribution in [0.15, 0.2) is 24.5 Å². The van der Waals surface area contributed by atoms with Gasteiger partial charge in [0.05, 0.1) is 12.1 Å². The van der Waals surface area contributed by atoms with Crippen molar-refractivity contribution in [3.8, 4) is 5.75 Å². The van der Waals surface area contributed by atoms with Gasteiger partial charge in [-0.1, -0.05) is 11.6 Å². The van der Waals surface area contributed by atoms with E-state index in [1.54, 1.807) is 12.3 Å². The van der Waals surface area contributed by atoms with Crippen LogP contribution >= 0.6 is 11.6 Å². The molecule has 110 valence electrons. The van der Waals surface area contributed by atoms with Crippen molar-refractivity contribution >= 4 is 17.4 Å². The second kappa shape index (κ2) is 5.50. The lowest BCUT2D eigenvalue weighted by molar-refractivity contribution is 0.101. The zero-order chi connectivity index (χ0) is 15.0. The van der Waals surface area contributed by atoms with Crippen molar-refractivity contribution in [3.05, 3.63) is 46.5 Å². The molecule has 0 saturated carbocycles. The average Bonchev–Trinajstić information content (AvgIpc) is 2.89. The van der Waals surface area contributed by atoms with Crippen molar-refractivity contribution in [2.24, 2.45) is 0 Å². The van der Waals surface area contributed by atoms with Gasteiger partial charge in [-0.05, 0) is 19.1 Å². The summed E-state index contributed by atoms with van der Waals surface area (Å²) in [4.78, 5) is 18.0. The molecule has 2 aromatic rings. The van der Waals surface area contributed by atoms with E-state index < -0.39 is 0 Å². The Morgan fingerprint density at radius 3 is 3.00 bits per heavy atom. The van der Waals surface area contributed by atoms with Gasteiger partial charge in [0.1, 0.15) is 11.6 Å². The lowest BCUT2D eigenvalue weighted by atomic mass is 10.1. The first-order valence-electron chi connectivity index (χ1n) is 6.79. The van der Waals surface area contributed by atoms with Crippen LogP contribution in [0, 0.1) is 0 Å². The zero-order valence-corrected chi connectivity index (χ0v) is 12.5. The fraction of sp³-hybridized carbons (Fsp3) is 0.333. The van der Waals surface area contributed by atoms with E-state index in [-0.39, 0.29) is 17.1 Å². The molecule has 0 bridgehead atoms. The normalized spacial score (nSPS) is 15.0. The Balaban J connectivity index is 1.84. The minimum absolute atomic E-state index is 0.0285. The molecule has 2 heterocycles. The number of carbonyl (C=O) groups is 1. The highest BCUT2D eigenvalue weighted by molar-refractivity contribution is 6.31. The Morgan fingerprint density at radius 2 is 2.24 bits per heavy atom. The lowest BCUT2D eigenvalue weighted by Crippen LogP contribution is -2.33. The number of phenolic OH excluding ortho intramolecular Hbond substituents is 1. The summed E-state index contributed by atoms with van der Waals surface area (Å²) in [6, 6.07) is 3.22. The molecule has 0 spiro atoms. The average molecular weight is 306 g/mol. The Kier molecular flexibility index (Phi) is 3.69. The maximum atomic E-state index is 11.5. The first kappa shape index (κ1) is 14.1. The topological polar surface area (TPSA) is 58.4 Å². The zero-order valence-electron chi connectivity index (χ0n) is 11.7. The van der Waals surface area contributed by atoms with Crippen LogP contribution in [0.1, 0.15) is 28.7 Å². The predicted octanol–water partition coefficient (Wildman–Crippen LogP) is 2.46. The molecule has 1 aromatic heterocycles. The smallest absolute Gasteiger partial charge is 0.163 e. The number of hydrogen-bond donors (Lipinski definition) is 1. The number of carbonyl (C=O) groups excluding carboxylic acids is 1. The molecule has 0 atom stereocenters. The number of fused-ring (bicyclic) bond motifs is 1. The van der Waals surface area contributed by atoms with Gasteiger partial charge < -0.3 is 9.67 Å². The number of ketones is 1. The number of aromatic hydroxyl groups is 1. The lowest BCUT2D eigenvalue weighted by Gasteiger charge is -2.28. The minimum atomic E-state index is -0.189. The number of nitrogens with zero attached hydrogens (tertiary/aromatic N) is 3. The van der Waals surface area contributed by atoms with Crippen molar-refractivity contribution in [2.45, 2.75) is 26.6 Å². The van der Waals surface area contributed by atoms with Crippen molar-refractivity contribution in [3.63, 3.8) is 0 Å². The summed E-state index contributed by atoms with van der Waals surface area (Å²) in [5.74, 6) is 0.848. The first-order chi connectivity index (χ1) is 10.0. The highest BCUT2D eigenvalue weighted by atomic mass is 35.5. The third-order valence-corrected chi connectivity index (χ3v) is 3.97. The van der Waals surface area contributed by atoms with Crippen LogP contribution in [0.3, 0.4) is 0 Å². The standard InChI is InChI=1S/C15H16ClN3O2/c1-10(20)13-7-12(16)6-11(15(13)21)8-18-4-5-19-3-2-17-14(19)9-18/h2-3,6-7,21H,4-5,8-9H2,1H3. The van der Waals surface area contributed by atoms with E-state index in [4.69, 9.17) is 11.6 Å². The molecule has 0 saturated heterocycles. The third-order valence-electron chi connectivity index (χ3n) is 3.75. The predicted molar refractivity (Wildman–Crippen MR) is 79.5 cm³/mol. The van der Waals surface area contributed by atoms with E-state index in [0.29, 0.717) is 23.7 Å². The second-order valence-electron chi connectivity index (χ2n) is 5.26. The maximum Gasteiger partial charge on any atom is 0.163 e. The Morgan fingerprint density at radius 1 is 1.43 bits per heavy atom. The van der Waals surface area contributed by atoms with E-state index in [1.807, 2.05) is 6.20 Å². The van der Waals surface area contributed by atoms with Gasteiger partial charge in [0.2, 0.25) is 0 Å². The molecule has 21 heavy (non-hydrogen) atoms. The molecule has 1 aliphatic heterocycles. The van der Waals surface area contributed by atoms with Gasteiger partial charge >= 0.3 is 0 Å². The van der Waals surface area contributed by atoms with Gasteiger partial charge in [-0.2, -0.15) is 0 Å². The van der Waals surface area contributed by atoms with Crippen LogP contribution in [0.4, 0.5) is 0 Å². The summed E-state index contributed by atoms with van der Waals surface area (Å²) in [7, 11) is 0. The second-order valence-corrected chi connectivity index (χ2v) is 5.70. The molecule has 1 N–H and O–H groups in total. The number of imidazole rings is 1. The monoisotopic (exact) mass is 305 g/mol. The van der Waals surface area contributed by atoms with Gasteiger partial charge in [-0.3, -0.25) is 9.69 Å². The summed E-state index contributed by atoms with van der Waals surface area (Å²) in [5, 5.41) is 10.7. The summed E-state index contributed by atoms with van der Waals surface area (Å²) in [5.41, 5.74) is 0.948. The van der Waals surface area contributed by atoms with Crippen molar-refractivity contribution in [2.75, 3.05) is 6.54 Å². The largest absolute Gasteiger partial charge is 0.507 e. The molecule has 1 aromatic carbocycles. The summed E-state index contributed by atoms with van der Waals surface area (Å²) in [6.45, 7) is 4.42. The van der Waals surface area contributed by atoms with Gasteiger partial charge in [0, 0.05) is 42.6 Å². The van der Waals surface area contributed by atoms with Crippen LogP contribution in [-0.2, 0) is 19.6 Å². The SMILES string of the molecule is CC(=O)c1cc(Cl)cc(CN2CCn3ccnc3C2)c1O.